The first-order valence-corrected chi connectivity index (χ1v) is 8.41. The quantitative estimate of drug-likeness (QED) is 0.654. The van der Waals surface area contributed by atoms with Crippen molar-refractivity contribution in [1.82, 2.24) is 10.6 Å². The molecule has 10 heteroatoms. The molecular formula is C17H19FN4O5. The van der Waals surface area contributed by atoms with Gasteiger partial charge in [-0.2, -0.15) is 0 Å². The van der Waals surface area contributed by atoms with Crippen LogP contribution in [0.1, 0.15) is 13.8 Å². The highest BCUT2D eigenvalue weighted by Gasteiger charge is 2.40. The van der Waals surface area contributed by atoms with Crippen LogP contribution in [0.5, 0.6) is 0 Å². The molecule has 2 fully saturated rings. The molecule has 2 aliphatic heterocycles. The number of imide groups is 2. The molecule has 27 heavy (non-hydrogen) atoms. The van der Waals surface area contributed by atoms with E-state index in [0.29, 0.717) is 18.8 Å². The molecule has 0 aliphatic carbocycles. The summed E-state index contributed by atoms with van der Waals surface area (Å²) >= 11 is 0. The Hall–Kier alpha value is -3.01. The lowest BCUT2D eigenvalue weighted by molar-refractivity contribution is -0.141. The molecule has 2 heterocycles. The van der Waals surface area contributed by atoms with Gasteiger partial charge in [-0.1, -0.05) is 0 Å². The highest BCUT2D eigenvalue weighted by atomic mass is 19.1. The van der Waals surface area contributed by atoms with E-state index in [2.05, 4.69) is 5.32 Å². The average molecular weight is 378 g/mol. The van der Waals surface area contributed by atoms with Gasteiger partial charge >= 0.3 is 6.03 Å². The minimum absolute atomic E-state index is 0.0430. The van der Waals surface area contributed by atoms with Crippen molar-refractivity contribution in [2.75, 3.05) is 23.3 Å². The van der Waals surface area contributed by atoms with Crippen LogP contribution >= 0.6 is 0 Å². The lowest BCUT2D eigenvalue weighted by Crippen LogP contribution is -2.58. The third kappa shape index (κ3) is 4.05. The Morgan fingerprint density at radius 1 is 1.15 bits per heavy atom. The van der Waals surface area contributed by atoms with Gasteiger partial charge in [-0.05, 0) is 32.0 Å². The van der Waals surface area contributed by atoms with E-state index in [1.165, 1.54) is 12.1 Å². The standard InChI is InChI=1S/C17H19FN4O5/c1-8-6-22(7-9(2)27-8)12-4-3-10(5-11(12)18)19-14(23)13-15(24)20-17(26)21-16(13)25/h3-5,8-9,13H,6-7H2,1-2H3,(H,19,23)(H2,20,21,24,25,26)/t8-,9-/m1/s1. The highest BCUT2D eigenvalue weighted by molar-refractivity contribution is 6.28. The second kappa shape index (κ2) is 7.31. The van der Waals surface area contributed by atoms with Gasteiger partial charge in [0.1, 0.15) is 5.82 Å². The summed E-state index contributed by atoms with van der Waals surface area (Å²) in [6, 6.07) is 3.12. The molecule has 0 radical (unpaired) electrons. The number of rotatable bonds is 3. The first kappa shape index (κ1) is 18.8. The topological polar surface area (TPSA) is 117 Å². The molecule has 9 nitrogen and oxygen atoms in total. The molecule has 0 saturated carbocycles. The number of benzene rings is 1. The molecule has 3 rings (SSSR count). The van der Waals surface area contributed by atoms with E-state index in [9.17, 15) is 23.6 Å². The minimum Gasteiger partial charge on any atom is -0.372 e. The maximum atomic E-state index is 14.5. The molecule has 0 unspecified atom stereocenters. The van der Waals surface area contributed by atoms with Crippen LogP contribution in [-0.4, -0.2) is 49.1 Å². The Morgan fingerprint density at radius 3 is 2.30 bits per heavy atom. The SMILES string of the molecule is C[C@@H]1CN(c2ccc(NC(=O)C3C(=O)NC(=O)NC3=O)cc2F)C[C@@H](C)O1. The predicted octanol–water partition coefficient (Wildman–Crippen LogP) is 0.360. The summed E-state index contributed by atoms with van der Waals surface area (Å²) in [5, 5.41) is 5.99. The van der Waals surface area contributed by atoms with Crippen molar-refractivity contribution in [3.8, 4) is 0 Å². The fraction of sp³-hybridized carbons (Fsp3) is 0.412. The zero-order chi connectivity index (χ0) is 19.7. The molecule has 2 atom stereocenters. The van der Waals surface area contributed by atoms with Crippen LogP contribution in [0.25, 0.3) is 0 Å². The van der Waals surface area contributed by atoms with E-state index in [1.54, 1.807) is 0 Å². The van der Waals surface area contributed by atoms with E-state index in [1.807, 2.05) is 29.4 Å². The second-order valence-electron chi connectivity index (χ2n) is 6.56. The number of morpholine rings is 1. The Morgan fingerprint density at radius 2 is 1.74 bits per heavy atom. The third-order valence-corrected chi connectivity index (χ3v) is 4.24. The lowest BCUT2D eigenvalue weighted by atomic mass is 10.1. The molecule has 144 valence electrons. The summed E-state index contributed by atoms with van der Waals surface area (Å²) in [4.78, 5) is 48.4. The number of hydrogen-bond donors (Lipinski definition) is 3. The van der Waals surface area contributed by atoms with E-state index in [-0.39, 0.29) is 17.9 Å². The van der Waals surface area contributed by atoms with Gasteiger partial charge in [-0.15, -0.1) is 0 Å². The van der Waals surface area contributed by atoms with E-state index >= 15 is 0 Å². The maximum absolute atomic E-state index is 14.5. The number of nitrogens with one attached hydrogen (secondary N) is 3. The number of anilines is 2. The summed E-state index contributed by atoms with van der Waals surface area (Å²) < 4.78 is 20.2. The molecule has 1 aromatic carbocycles. The molecular weight excluding hydrogens is 359 g/mol. The first-order chi connectivity index (χ1) is 12.7. The fourth-order valence-corrected chi connectivity index (χ4v) is 3.19. The summed E-state index contributed by atoms with van der Waals surface area (Å²) in [6.45, 7) is 4.87. The number of carbonyl (C=O) groups excluding carboxylic acids is 4. The van der Waals surface area contributed by atoms with Gasteiger partial charge in [-0.25, -0.2) is 9.18 Å². The zero-order valence-electron chi connectivity index (χ0n) is 14.7. The molecule has 3 N–H and O–H groups in total. The minimum atomic E-state index is -1.73. The fourth-order valence-electron chi connectivity index (χ4n) is 3.19. The van der Waals surface area contributed by atoms with Gasteiger partial charge < -0.3 is 15.0 Å². The number of nitrogens with zero attached hydrogens (tertiary/aromatic N) is 1. The van der Waals surface area contributed by atoms with Crippen molar-refractivity contribution < 1.29 is 28.3 Å². The molecule has 1 aromatic rings. The van der Waals surface area contributed by atoms with Crippen molar-refractivity contribution in [2.24, 2.45) is 5.92 Å². The van der Waals surface area contributed by atoms with E-state index in [4.69, 9.17) is 4.74 Å². The van der Waals surface area contributed by atoms with Crippen LogP contribution in [0.2, 0.25) is 0 Å². The largest absolute Gasteiger partial charge is 0.372 e. The first-order valence-electron chi connectivity index (χ1n) is 8.41. The Labute approximate surface area is 154 Å². The van der Waals surface area contributed by atoms with Crippen molar-refractivity contribution in [3.63, 3.8) is 0 Å². The van der Waals surface area contributed by atoms with Gasteiger partial charge in [-0.3, -0.25) is 25.0 Å². The zero-order valence-corrected chi connectivity index (χ0v) is 14.7. The summed E-state index contributed by atoms with van der Waals surface area (Å²) in [5.74, 6) is -5.31. The van der Waals surface area contributed by atoms with Crippen molar-refractivity contribution >= 4 is 35.1 Å². The predicted molar refractivity (Wildman–Crippen MR) is 92.4 cm³/mol. The van der Waals surface area contributed by atoms with Gasteiger partial charge in [0.2, 0.25) is 17.7 Å². The second-order valence-corrected chi connectivity index (χ2v) is 6.56. The lowest BCUT2D eigenvalue weighted by Gasteiger charge is -2.37. The van der Waals surface area contributed by atoms with Crippen LogP contribution in [0.3, 0.4) is 0 Å². The summed E-state index contributed by atoms with van der Waals surface area (Å²) in [7, 11) is 0. The van der Waals surface area contributed by atoms with E-state index < -0.39 is 35.5 Å². The summed E-state index contributed by atoms with van der Waals surface area (Å²) in [6.07, 6.45) is -0.0860. The Balaban J connectivity index is 1.72. The molecule has 0 spiro atoms. The number of urea groups is 1. The van der Waals surface area contributed by atoms with Crippen molar-refractivity contribution in [3.05, 3.63) is 24.0 Å². The molecule has 0 bridgehead atoms. The smallest absolute Gasteiger partial charge is 0.328 e. The van der Waals surface area contributed by atoms with Crippen molar-refractivity contribution in [2.45, 2.75) is 26.1 Å². The van der Waals surface area contributed by atoms with Gasteiger partial charge in [0.25, 0.3) is 0 Å². The Kier molecular flexibility index (Phi) is 5.08. The van der Waals surface area contributed by atoms with Crippen LogP contribution in [0.4, 0.5) is 20.6 Å². The molecule has 0 aromatic heterocycles. The monoisotopic (exact) mass is 378 g/mol. The number of hydrogen-bond acceptors (Lipinski definition) is 6. The number of halogens is 1. The van der Waals surface area contributed by atoms with Crippen LogP contribution in [0.15, 0.2) is 18.2 Å². The van der Waals surface area contributed by atoms with Gasteiger partial charge in [0, 0.05) is 18.8 Å². The van der Waals surface area contributed by atoms with Crippen molar-refractivity contribution in [1.29, 1.82) is 0 Å². The highest BCUT2D eigenvalue weighted by Crippen LogP contribution is 2.26. The number of barbiturate groups is 1. The third-order valence-electron chi connectivity index (χ3n) is 4.24. The Bertz CT molecular complexity index is 785. The van der Waals surface area contributed by atoms with Gasteiger partial charge in [0.15, 0.2) is 5.92 Å². The normalized spacial score (nSPS) is 23.7. The maximum Gasteiger partial charge on any atom is 0.328 e. The van der Waals surface area contributed by atoms with Crippen LogP contribution in [0, 0.1) is 11.7 Å². The van der Waals surface area contributed by atoms with Crippen LogP contribution < -0.4 is 20.9 Å². The summed E-state index contributed by atoms with van der Waals surface area (Å²) in [5.41, 5.74) is 0.460. The number of amides is 5. The van der Waals surface area contributed by atoms with Gasteiger partial charge in [0.05, 0.1) is 17.9 Å². The molecule has 5 amide bonds. The number of ether oxygens (including phenoxy) is 1. The number of carbonyl (C=O) groups is 4. The molecule has 2 saturated heterocycles. The molecule has 2 aliphatic rings. The van der Waals surface area contributed by atoms with Crippen LogP contribution in [-0.2, 0) is 19.1 Å². The average Bonchev–Trinajstić information content (AvgIpc) is 2.52. The van der Waals surface area contributed by atoms with E-state index in [0.717, 1.165) is 6.07 Å².